The molecule has 2 heteroatoms. The van der Waals surface area contributed by atoms with E-state index >= 15 is 0 Å². The molecule has 2 aromatic rings. The molecule has 2 aromatic carbocycles. The van der Waals surface area contributed by atoms with Crippen LogP contribution in [0, 0.1) is 11.9 Å². The van der Waals surface area contributed by atoms with Crippen molar-refractivity contribution in [2.24, 2.45) is 0 Å². The zero-order valence-electron chi connectivity index (χ0n) is 8.44. The zero-order chi connectivity index (χ0) is 10.7. The first-order chi connectivity index (χ1) is 7.29. The van der Waals surface area contributed by atoms with Gasteiger partial charge in [0.25, 0.3) is 0 Å². The van der Waals surface area contributed by atoms with Crippen LogP contribution in [-0.4, -0.2) is 7.05 Å². The topological polar surface area (TPSA) is 3.24 Å². The Morgan fingerprint density at radius 1 is 1.07 bits per heavy atom. The number of anilines is 2. The predicted molar refractivity (Wildman–Crippen MR) is 59.7 cm³/mol. The van der Waals surface area contributed by atoms with E-state index in [0.717, 1.165) is 5.69 Å². The Balaban J connectivity index is 2.37. The third kappa shape index (κ3) is 1.99. The Morgan fingerprint density at radius 3 is 2.47 bits per heavy atom. The fourth-order valence-corrected chi connectivity index (χ4v) is 1.46. The number of halogens is 1. The van der Waals surface area contributed by atoms with Crippen molar-refractivity contribution in [1.29, 1.82) is 0 Å². The van der Waals surface area contributed by atoms with Crippen molar-refractivity contribution in [3.8, 4) is 0 Å². The van der Waals surface area contributed by atoms with Gasteiger partial charge < -0.3 is 4.90 Å². The van der Waals surface area contributed by atoms with Gasteiger partial charge in [0.05, 0.1) is 5.69 Å². The third-order valence-electron chi connectivity index (χ3n) is 2.29. The Hall–Kier alpha value is -1.83. The molecule has 1 nitrogen and oxygen atoms in total. The Labute approximate surface area is 88.8 Å². The molecule has 0 saturated heterocycles. The lowest BCUT2D eigenvalue weighted by Crippen LogP contribution is -2.10. The summed E-state index contributed by atoms with van der Waals surface area (Å²) in [4.78, 5) is 1.80. The number of para-hydroxylation sites is 1. The summed E-state index contributed by atoms with van der Waals surface area (Å²) in [6, 6.07) is 17.3. The fraction of sp³-hybridized carbons (Fsp3) is 0.0769. The van der Waals surface area contributed by atoms with Gasteiger partial charge in [-0.1, -0.05) is 30.3 Å². The first kappa shape index (κ1) is 9.71. The molecule has 75 valence electrons. The molecule has 0 atom stereocenters. The van der Waals surface area contributed by atoms with Gasteiger partial charge in [0, 0.05) is 18.8 Å². The van der Waals surface area contributed by atoms with Crippen molar-refractivity contribution >= 4 is 11.4 Å². The normalized spacial score (nSPS) is 10.0. The summed E-state index contributed by atoms with van der Waals surface area (Å²) in [5.74, 6) is -0.330. The van der Waals surface area contributed by atoms with E-state index < -0.39 is 0 Å². The van der Waals surface area contributed by atoms with Crippen molar-refractivity contribution in [2.45, 2.75) is 0 Å². The minimum absolute atomic E-state index is 0.330. The van der Waals surface area contributed by atoms with E-state index in [1.807, 2.05) is 37.4 Å². The summed E-state index contributed by atoms with van der Waals surface area (Å²) in [5.41, 5.74) is 1.49. The number of hydrogen-bond donors (Lipinski definition) is 0. The van der Waals surface area contributed by atoms with Crippen LogP contribution in [0.1, 0.15) is 0 Å². The molecule has 0 aliphatic heterocycles. The van der Waals surface area contributed by atoms with Gasteiger partial charge >= 0.3 is 0 Å². The van der Waals surface area contributed by atoms with E-state index in [4.69, 9.17) is 0 Å². The average Bonchev–Trinajstić information content (AvgIpc) is 2.30. The van der Waals surface area contributed by atoms with Gasteiger partial charge in [-0.2, -0.15) is 0 Å². The van der Waals surface area contributed by atoms with Crippen molar-refractivity contribution in [2.75, 3.05) is 11.9 Å². The van der Waals surface area contributed by atoms with E-state index in [1.54, 1.807) is 23.1 Å². The average molecular weight is 200 g/mol. The van der Waals surface area contributed by atoms with Crippen LogP contribution >= 0.6 is 0 Å². The smallest absolute Gasteiger partial charge is 0.154 e. The highest BCUT2D eigenvalue weighted by atomic mass is 19.1. The molecule has 0 aromatic heterocycles. The summed E-state index contributed by atoms with van der Waals surface area (Å²) < 4.78 is 13.4. The van der Waals surface area contributed by atoms with Crippen molar-refractivity contribution < 1.29 is 4.39 Å². The lowest BCUT2D eigenvalue weighted by Gasteiger charge is -2.19. The second-order valence-electron chi connectivity index (χ2n) is 3.26. The first-order valence-electron chi connectivity index (χ1n) is 4.74. The second-order valence-corrected chi connectivity index (χ2v) is 3.26. The first-order valence-corrected chi connectivity index (χ1v) is 4.74. The van der Waals surface area contributed by atoms with Crippen molar-refractivity contribution in [3.63, 3.8) is 0 Å². The number of nitrogens with zero attached hydrogens (tertiary/aromatic N) is 1. The van der Waals surface area contributed by atoms with Crippen LogP contribution in [0.5, 0.6) is 0 Å². The lowest BCUT2D eigenvalue weighted by molar-refractivity contribution is 0.625. The monoisotopic (exact) mass is 200 g/mol. The Kier molecular flexibility index (Phi) is 2.68. The minimum Gasteiger partial charge on any atom is -0.342 e. The Morgan fingerprint density at radius 2 is 1.80 bits per heavy atom. The summed E-state index contributed by atoms with van der Waals surface area (Å²) in [7, 11) is 1.83. The molecule has 0 fully saturated rings. The highest BCUT2D eigenvalue weighted by Crippen LogP contribution is 2.24. The van der Waals surface area contributed by atoms with E-state index in [1.165, 1.54) is 0 Å². The summed E-state index contributed by atoms with van der Waals surface area (Å²) in [6.07, 6.45) is 0. The summed E-state index contributed by atoms with van der Waals surface area (Å²) in [6.45, 7) is 0. The van der Waals surface area contributed by atoms with Gasteiger partial charge in [-0.25, -0.2) is 4.39 Å². The summed E-state index contributed by atoms with van der Waals surface area (Å²) in [5, 5.41) is 0. The summed E-state index contributed by atoms with van der Waals surface area (Å²) >= 11 is 0. The predicted octanol–water partition coefficient (Wildman–Crippen LogP) is 3.39. The van der Waals surface area contributed by atoms with Crippen LogP contribution in [-0.2, 0) is 0 Å². The van der Waals surface area contributed by atoms with Gasteiger partial charge in [0.2, 0.25) is 0 Å². The largest absolute Gasteiger partial charge is 0.342 e. The molecule has 15 heavy (non-hydrogen) atoms. The highest BCUT2D eigenvalue weighted by molar-refractivity contribution is 5.62. The van der Waals surface area contributed by atoms with Gasteiger partial charge in [0.15, 0.2) is 5.82 Å². The molecular weight excluding hydrogens is 189 g/mol. The standard InChI is InChI=1S/C13H11FN/c1-15(11-7-3-2-4-8-11)13-10-6-5-9-12(13)14/h2-8,10H,1H3. The number of hydrogen-bond acceptors (Lipinski definition) is 1. The number of benzene rings is 2. The van der Waals surface area contributed by atoms with Gasteiger partial charge in [-0.3, -0.25) is 0 Å². The molecule has 0 unspecified atom stereocenters. The van der Waals surface area contributed by atoms with E-state index in [0.29, 0.717) is 5.69 Å². The van der Waals surface area contributed by atoms with Crippen LogP contribution in [0.15, 0.2) is 48.5 Å². The maximum absolute atomic E-state index is 13.4. The molecule has 0 aliphatic rings. The van der Waals surface area contributed by atoms with Crippen LogP contribution in [0.2, 0.25) is 0 Å². The molecule has 0 N–H and O–H groups in total. The van der Waals surface area contributed by atoms with Gasteiger partial charge in [-0.15, -0.1) is 0 Å². The van der Waals surface area contributed by atoms with E-state index in [9.17, 15) is 4.39 Å². The molecule has 2 rings (SSSR count). The lowest BCUT2D eigenvalue weighted by atomic mass is 10.2. The van der Waals surface area contributed by atoms with Crippen LogP contribution in [0.3, 0.4) is 0 Å². The maximum atomic E-state index is 13.4. The van der Waals surface area contributed by atoms with Crippen molar-refractivity contribution in [1.82, 2.24) is 0 Å². The zero-order valence-corrected chi connectivity index (χ0v) is 8.44. The molecule has 0 saturated carbocycles. The molecule has 0 bridgehead atoms. The van der Waals surface area contributed by atoms with E-state index in [-0.39, 0.29) is 5.82 Å². The second kappa shape index (κ2) is 4.13. The van der Waals surface area contributed by atoms with Gasteiger partial charge in [0.1, 0.15) is 0 Å². The Bertz CT molecular complexity index is 439. The SMILES string of the molecule is CN(c1ccccc1)c1ccc[c]c1F. The van der Waals surface area contributed by atoms with Crippen LogP contribution < -0.4 is 4.90 Å². The molecule has 0 aliphatic carbocycles. The molecule has 1 radical (unpaired) electrons. The molecule has 0 amide bonds. The third-order valence-corrected chi connectivity index (χ3v) is 2.29. The highest BCUT2D eigenvalue weighted by Gasteiger charge is 2.07. The quantitative estimate of drug-likeness (QED) is 0.718. The maximum Gasteiger partial charge on any atom is 0.154 e. The van der Waals surface area contributed by atoms with Gasteiger partial charge in [-0.05, 0) is 18.2 Å². The van der Waals surface area contributed by atoms with E-state index in [2.05, 4.69) is 6.07 Å². The molecular formula is C13H11FN. The molecule has 0 spiro atoms. The van der Waals surface area contributed by atoms with Crippen LogP contribution in [0.4, 0.5) is 15.8 Å². The molecule has 0 heterocycles. The van der Waals surface area contributed by atoms with Crippen molar-refractivity contribution in [3.05, 3.63) is 60.4 Å². The van der Waals surface area contributed by atoms with Crippen LogP contribution in [0.25, 0.3) is 0 Å². The number of rotatable bonds is 2. The fourth-order valence-electron chi connectivity index (χ4n) is 1.46. The minimum atomic E-state index is -0.330.